The number of pyridine rings is 1. The Kier molecular flexibility index (Phi) is 6.62. The van der Waals surface area contributed by atoms with Gasteiger partial charge in [-0.1, -0.05) is 15.9 Å². The first-order valence-corrected chi connectivity index (χ1v) is 14.3. The summed E-state index contributed by atoms with van der Waals surface area (Å²) in [5.74, 6) is -0.145. The van der Waals surface area contributed by atoms with E-state index in [-0.39, 0.29) is 17.1 Å². The lowest BCUT2D eigenvalue weighted by atomic mass is 10.1. The van der Waals surface area contributed by atoms with Crippen molar-refractivity contribution >= 4 is 56.0 Å². The molecule has 0 bridgehead atoms. The first-order chi connectivity index (χ1) is 18.8. The third-order valence-electron chi connectivity index (χ3n) is 7.85. The van der Waals surface area contributed by atoms with Crippen LogP contribution in [0.1, 0.15) is 41.5 Å². The van der Waals surface area contributed by atoms with Crippen molar-refractivity contribution in [2.24, 2.45) is 0 Å². The molecule has 0 unspecified atom stereocenters. The normalized spacial score (nSPS) is 18.3. The van der Waals surface area contributed by atoms with Crippen LogP contribution < -0.4 is 20.4 Å². The zero-order chi connectivity index (χ0) is 27.3. The molecule has 204 valence electrons. The van der Waals surface area contributed by atoms with E-state index in [0.717, 1.165) is 55.7 Å². The molecular formula is C27H30BrFN8O2. The van der Waals surface area contributed by atoms with Crippen LogP contribution in [0.2, 0.25) is 0 Å². The molecule has 3 aromatic rings. The molecule has 2 aromatic heterocycles. The van der Waals surface area contributed by atoms with Gasteiger partial charge in [0.1, 0.15) is 17.8 Å². The minimum Gasteiger partial charge on any atom is -0.368 e. The maximum Gasteiger partial charge on any atom is 0.327 e. The summed E-state index contributed by atoms with van der Waals surface area (Å²) in [7, 11) is 0. The summed E-state index contributed by atoms with van der Waals surface area (Å²) in [4.78, 5) is 44.4. The molecule has 2 fully saturated rings. The molecule has 0 spiro atoms. The van der Waals surface area contributed by atoms with E-state index in [4.69, 9.17) is 0 Å². The highest BCUT2D eigenvalue weighted by Crippen LogP contribution is 2.39. The van der Waals surface area contributed by atoms with Crippen LogP contribution in [0.5, 0.6) is 0 Å². The zero-order valence-corrected chi connectivity index (χ0v) is 23.5. The van der Waals surface area contributed by atoms with E-state index in [1.165, 1.54) is 11.2 Å². The zero-order valence-electron chi connectivity index (χ0n) is 21.9. The molecule has 1 aromatic carbocycles. The molecule has 10 nitrogen and oxygen atoms in total. The third kappa shape index (κ3) is 4.69. The van der Waals surface area contributed by atoms with Gasteiger partial charge in [-0.05, 0) is 44.9 Å². The number of nitrogens with zero attached hydrogens (tertiary/aromatic N) is 6. The molecule has 1 aliphatic carbocycles. The molecule has 3 aliphatic rings. The Hall–Kier alpha value is -3.38. The van der Waals surface area contributed by atoms with Crippen LogP contribution >= 0.6 is 15.9 Å². The molecule has 2 N–H and O–H groups in total. The molecule has 3 amide bonds. The number of carbonyl (C=O) groups is 2. The smallest absolute Gasteiger partial charge is 0.327 e. The van der Waals surface area contributed by atoms with E-state index < -0.39 is 11.8 Å². The standard InChI is InChI=1S/C27H30BrFN8O2/c1-3-37-24-21-19(30-15-31-24)12-17(22(29)23(21)33-26(37)39)13-35-8-10-36(11-9-35)20-5-4-18(32-16(20)2)25(38)34-27(14-28)6-7-27/h4-5,12,15H,3,6-11,13-14H2,1-2H3,(H,33,39)(H,34,38). The van der Waals surface area contributed by atoms with Crippen molar-refractivity contribution in [3.63, 3.8) is 0 Å². The minimum atomic E-state index is -0.438. The summed E-state index contributed by atoms with van der Waals surface area (Å²) in [6, 6.07) is 5.12. The lowest BCUT2D eigenvalue weighted by Crippen LogP contribution is -2.46. The first-order valence-electron chi connectivity index (χ1n) is 13.2. The molecule has 6 rings (SSSR count). The van der Waals surface area contributed by atoms with Crippen LogP contribution in [0.4, 0.5) is 26.4 Å². The number of alkyl halides is 1. The second-order valence-corrected chi connectivity index (χ2v) is 11.0. The molecule has 0 radical (unpaired) electrons. The number of rotatable bonds is 7. The summed E-state index contributed by atoms with van der Waals surface area (Å²) in [6.45, 7) is 7.56. The van der Waals surface area contributed by atoms with Crippen LogP contribution in [0, 0.1) is 12.7 Å². The number of aromatic nitrogens is 3. The highest BCUT2D eigenvalue weighted by Gasteiger charge is 2.43. The number of benzene rings is 1. The molecular weight excluding hydrogens is 567 g/mol. The van der Waals surface area contributed by atoms with Crippen molar-refractivity contribution in [1.29, 1.82) is 0 Å². The summed E-state index contributed by atoms with van der Waals surface area (Å²) in [5, 5.41) is 7.08. The van der Waals surface area contributed by atoms with Crippen molar-refractivity contribution < 1.29 is 14.0 Å². The number of halogens is 2. The number of carbonyl (C=O) groups excluding carboxylic acids is 2. The maximum absolute atomic E-state index is 15.6. The van der Waals surface area contributed by atoms with Crippen molar-refractivity contribution in [2.75, 3.05) is 53.2 Å². The molecule has 4 heterocycles. The summed E-state index contributed by atoms with van der Waals surface area (Å²) in [6.07, 6.45) is 3.38. The van der Waals surface area contributed by atoms with E-state index in [0.29, 0.717) is 41.1 Å². The molecule has 0 atom stereocenters. The lowest BCUT2D eigenvalue weighted by molar-refractivity contribution is 0.0931. The number of amides is 3. The summed E-state index contributed by atoms with van der Waals surface area (Å²) < 4.78 is 15.6. The van der Waals surface area contributed by atoms with Crippen molar-refractivity contribution in [3.05, 3.63) is 47.3 Å². The highest BCUT2D eigenvalue weighted by atomic mass is 79.9. The molecule has 1 saturated carbocycles. The van der Waals surface area contributed by atoms with Gasteiger partial charge >= 0.3 is 6.03 Å². The fourth-order valence-electron chi connectivity index (χ4n) is 5.39. The predicted molar refractivity (Wildman–Crippen MR) is 151 cm³/mol. The largest absolute Gasteiger partial charge is 0.368 e. The number of urea groups is 1. The number of hydrogen-bond acceptors (Lipinski definition) is 7. The third-order valence-corrected chi connectivity index (χ3v) is 8.93. The van der Waals surface area contributed by atoms with Gasteiger partial charge in [-0.25, -0.2) is 24.1 Å². The number of hydrogen-bond donors (Lipinski definition) is 2. The van der Waals surface area contributed by atoms with Gasteiger partial charge in [0, 0.05) is 50.2 Å². The van der Waals surface area contributed by atoms with Crippen LogP contribution in [-0.2, 0) is 6.54 Å². The number of piperazine rings is 1. The van der Waals surface area contributed by atoms with Crippen molar-refractivity contribution in [1.82, 2.24) is 25.2 Å². The van der Waals surface area contributed by atoms with Gasteiger partial charge < -0.3 is 15.5 Å². The highest BCUT2D eigenvalue weighted by molar-refractivity contribution is 9.09. The second-order valence-electron chi connectivity index (χ2n) is 10.4. The van der Waals surface area contributed by atoms with Crippen LogP contribution in [0.15, 0.2) is 24.5 Å². The quantitative estimate of drug-likeness (QED) is 0.399. The van der Waals surface area contributed by atoms with Crippen LogP contribution in [-0.4, -0.2) is 75.4 Å². The Labute approximate surface area is 234 Å². The molecule has 2 aliphatic heterocycles. The predicted octanol–water partition coefficient (Wildman–Crippen LogP) is 3.82. The van der Waals surface area contributed by atoms with Gasteiger partial charge in [-0.3, -0.25) is 14.6 Å². The number of nitrogens with one attached hydrogen (secondary N) is 2. The average Bonchev–Trinajstić information content (AvgIpc) is 3.71. The Morgan fingerprint density at radius 3 is 2.64 bits per heavy atom. The van der Waals surface area contributed by atoms with Gasteiger partial charge in [0.2, 0.25) is 0 Å². The minimum absolute atomic E-state index is 0.124. The first kappa shape index (κ1) is 25.9. The summed E-state index contributed by atoms with van der Waals surface area (Å²) in [5.41, 5.74) is 3.37. The lowest BCUT2D eigenvalue weighted by Gasteiger charge is -2.37. The van der Waals surface area contributed by atoms with E-state index >= 15 is 4.39 Å². The molecule has 12 heteroatoms. The maximum atomic E-state index is 15.6. The number of anilines is 3. The topological polar surface area (TPSA) is 107 Å². The molecule has 39 heavy (non-hydrogen) atoms. The van der Waals surface area contributed by atoms with Gasteiger partial charge in [0.15, 0.2) is 5.82 Å². The van der Waals surface area contributed by atoms with Crippen LogP contribution in [0.25, 0.3) is 10.9 Å². The Morgan fingerprint density at radius 1 is 1.21 bits per heavy atom. The van der Waals surface area contributed by atoms with E-state index in [1.54, 1.807) is 12.1 Å². The van der Waals surface area contributed by atoms with Gasteiger partial charge in [0.25, 0.3) is 5.91 Å². The average molecular weight is 597 g/mol. The SMILES string of the molecule is CCN1C(=O)Nc2c(F)c(CN3CCN(c4ccc(C(=O)NC5(CBr)CC5)nc4C)CC3)cc3ncnc1c23. The second kappa shape index (κ2) is 9.98. The monoisotopic (exact) mass is 596 g/mol. The van der Waals surface area contributed by atoms with Gasteiger partial charge in [-0.2, -0.15) is 0 Å². The summed E-state index contributed by atoms with van der Waals surface area (Å²) >= 11 is 3.48. The van der Waals surface area contributed by atoms with Crippen molar-refractivity contribution in [2.45, 2.75) is 38.8 Å². The Balaban J connectivity index is 1.14. The fraction of sp³-hybridized carbons (Fsp3) is 0.444. The van der Waals surface area contributed by atoms with Gasteiger partial charge in [0.05, 0.1) is 33.5 Å². The Morgan fingerprint density at radius 2 is 1.97 bits per heavy atom. The number of aryl methyl sites for hydroxylation is 1. The fourth-order valence-corrected chi connectivity index (χ4v) is 6.09. The van der Waals surface area contributed by atoms with E-state index in [9.17, 15) is 9.59 Å². The van der Waals surface area contributed by atoms with E-state index in [2.05, 4.69) is 51.3 Å². The van der Waals surface area contributed by atoms with Crippen molar-refractivity contribution in [3.8, 4) is 0 Å². The van der Waals surface area contributed by atoms with Crippen LogP contribution in [0.3, 0.4) is 0 Å². The van der Waals surface area contributed by atoms with Gasteiger partial charge in [-0.15, -0.1) is 0 Å². The molecule has 1 saturated heterocycles. The Bertz CT molecular complexity index is 1470. The van der Waals surface area contributed by atoms with E-state index in [1.807, 2.05) is 19.9 Å².